The SMILES string of the molecule is CC1CCCC2(C1)OCC(C(=O)NCc1ccccn1)N2C(=O)c1ccccc1F. The molecule has 2 aromatic rings. The average molecular weight is 411 g/mol. The molecule has 1 aliphatic carbocycles. The summed E-state index contributed by atoms with van der Waals surface area (Å²) in [5.41, 5.74) is -0.190. The maximum absolute atomic E-state index is 14.4. The Balaban J connectivity index is 1.61. The molecule has 1 spiro atoms. The Morgan fingerprint density at radius 1 is 1.27 bits per heavy atom. The van der Waals surface area contributed by atoms with Gasteiger partial charge in [0.2, 0.25) is 5.91 Å². The van der Waals surface area contributed by atoms with Crippen LogP contribution in [0.5, 0.6) is 0 Å². The van der Waals surface area contributed by atoms with E-state index in [0.717, 1.165) is 18.5 Å². The predicted molar refractivity (Wildman–Crippen MR) is 109 cm³/mol. The molecule has 1 saturated carbocycles. The van der Waals surface area contributed by atoms with Crippen LogP contribution in [-0.4, -0.2) is 40.1 Å². The van der Waals surface area contributed by atoms with Crippen LogP contribution in [0.1, 0.15) is 48.7 Å². The van der Waals surface area contributed by atoms with Crippen molar-refractivity contribution >= 4 is 11.8 Å². The molecular formula is C23H26FN3O3. The molecular weight excluding hydrogens is 385 g/mol. The van der Waals surface area contributed by atoms with Crippen LogP contribution in [0.3, 0.4) is 0 Å². The van der Waals surface area contributed by atoms with Gasteiger partial charge >= 0.3 is 0 Å². The smallest absolute Gasteiger partial charge is 0.259 e. The molecule has 4 rings (SSSR count). The molecule has 2 fully saturated rings. The third kappa shape index (κ3) is 3.94. The van der Waals surface area contributed by atoms with Gasteiger partial charge in [-0.15, -0.1) is 0 Å². The van der Waals surface area contributed by atoms with E-state index in [0.29, 0.717) is 18.8 Å². The summed E-state index contributed by atoms with van der Waals surface area (Å²) < 4.78 is 20.6. The van der Waals surface area contributed by atoms with E-state index in [2.05, 4.69) is 17.2 Å². The van der Waals surface area contributed by atoms with Crippen molar-refractivity contribution in [1.29, 1.82) is 0 Å². The van der Waals surface area contributed by atoms with E-state index in [1.165, 1.54) is 17.0 Å². The lowest BCUT2D eigenvalue weighted by atomic mass is 9.83. The molecule has 7 heteroatoms. The highest BCUT2D eigenvalue weighted by Crippen LogP contribution is 2.43. The monoisotopic (exact) mass is 411 g/mol. The van der Waals surface area contributed by atoms with Crippen molar-refractivity contribution in [3.63, 3.8) is 0 Å². The van der Waals surface area contributed by atoms with Gasteiger partial charge in [-0.1, -0.05) is 31.5 Å². The second kappa shape index (κ2) is 8.52. The molecule has 6 nitrogen and oxygen atoms in total. The van der Waals surface area contributed by atoms with Gasteiger partial charge in [0.1, 0.15) is 17.6 Å². The number of pyridine rings is 1. The second-order valence-corrected chi connectivity index (χ2v) is 8.17. The standard InChI is InChI=1S/C23H26FN3O3/c1-16-7-6-11-23(13-16)27(22(29)18-9-2-3-10-19(18)24)20(15-30-23)21(28)26-14-17-8-4-5-12-25-17/h2-5,8-10,12,16,20H,6-7,11,13-15H2,1H3,(H,26,28). The van der Waals surface area contributed by atoms with Crippen LogP contribution in [0.2, 0.25) is 0 Å². The van der Waals surface area contributed by atoms with Gasteiger partial charge < -0.3 is 10.1 Å². The fourth-order valence-electron chi connectivity index (χ4n) is 4.57. The van der Waals surface area contributed by atoms with Gasteiger partial charge in [-0.05, 0) is 49.4 Å². The van der Waals surface area contributed by atoms with Crippen molar-refractivity contribution < 1.29 is 18.7 Å². The number of carbonyl (C=O) groups excluding carboxylic acids is 2. The molecule has 1 aliphatic heterocycles. The Bertz CT molecular complexity index is 923. The van der Waals surface area contributed by atoms with E-state index in [4.69, 9.17) is 4.74 Å². The Morgan fingerprint density at radius 3 is 2.80 bits per heavy atom. The third-order valence-corrected chi connectivity index (χ3v) is 5.99. The number of halogens is 1. The molecule has 2 heterocycles. The first-order chi connectivity index (χ1) is 14.5. The quantitative estimate of drug-likeness (QED) is 0.838. The summed E-state index contributed by atoms with van der Waals surface area (Å²) in [7, 11) is 0. The number of benzene rings is 1. The van der Waals surface area contributed by atoms with Gasteiger partial charge in [0.05, 0.1) is 24.4 Å². The van der Waals surface area contributed by atoms with Crippen molar-refractivity contribution in [3.8, 4) is 0 Å². The normalized spacial score (nSPS) is 26.0. The summed E-state index contributed by atoms with van der Waals surface area (Å²) >= 11 is 0. The first-order valence-electron chi connectivity index (χ1n) is 10.4. The molecule has 0 radical (unpaired) electrons. The molecule has 1 aromatic heterocycles. The summed E-state index contributed by atoms with van der Waals surface area (Å²) in [4.78, 5) is 32.2. The number of amides is 2. The number of nitrogens with one attached hydrogen (secondary N) is 1. The largest absolute Gasteiger partial charge is 0.353 e. The lowest BCUT2D eigenvalue weighted by Crippen LogP contribution is -2.57. The van der Waals surface area contributed by atoms with Crippen LogP contribution in [0.15, 0.2) is 48.7 Å². The fourth-order valence-corrected chi connectivity index (χ4v) is 4.57. The molecule has 3 atom stereocenters. The lowest BCUT2D eigenvalue weighted by molar-refractivity contribution is -0.128. The summed E-state index contributed by atoms with van der Waals surface area (Å²) in [6.07, 6.45) is 4.87. The summed E-state index contributed by atoms with van der Waals surface area (Å²) in [5, 5.41) is 2.86. The first kappa shape index (κ1) is 20.5. The molecule has 1 saturated heterocycles. The highest BCUT2D eigenvalue weighted by molar-refractivity contribution is 5.98. The van der Waals surface area contributed by atoms with Crippen LogP contribution in [0, 0.1) is 11.7 Å². The van der Waals surface area contributed by atoms with Gasteiger partial charge in [0, 0.05) is 6.20 Å². The maximum Gasteiger partial charge on any atom is 0.259 e. The van der Waals surface area contributed by atoms with E-state index in [1.54, 1.807) is 24.4 Å². The Hall–Kier alpha value is -2.80. The van der Waals surface area contributed by atoms with Crippen LogP contribution in [0.25, 0.3) is 0 Å². The second-order valence-electron chi connectivity index (χ2n) is 8.17. The molecule has 2 aliphatic rings. The van der Waals surface area contributed by atoms with Gasteiger partial charge in [-0.3, -0.25) is 19.5 Å². The van der Waals surface area contributed by atoms with Crippen molar-refractivity contribution in [3.05, 3.63) is 65.7 Å². The molecule has 1 N–H and O–H groups in total. The maximum atomic E-state index is 14.4. The highest BCUT2D eigenvalue weighted by Gasteiger charge is 2.54. The topological polar surface area (TPSA) is 71.5 Å². The van der Waals surface area contributed by atoms with E-state index < -0.39 is 23.5 Å². The fraction of sp³-hybridized carbons (Fsp3) is 0.435. The van der Waals surface area contributed by atoms with E-state index in [1.807, 2.05) is 12.1 Å². The zero-order valence-corrected chi connectivity index (χ0v) is 17.0. The zero-order valence-electron chi connectivity index (χ0n) is 17.0. The van der Waals surface area contributed by atoms with Gasteiger partial charge in [-0.2, -0.15) is 0 Å². The molecule has 1 aromatic carbocycles. The van der Waals surface area contributed by atoms with Crippen molar-refractivity contribution in [1.82, 2.24) is 15.2 Å². The number of aromatic nitrogens is 1. The van der Waals surface area contributed by atoms with Crippen LogP contribution in [-0.2, 0) is 16.1 Å². The third-order valence-electron chi connectivity index (χ3n) is 5.99. The Kier molecular flexibility index (Phi) is 5.81. The van der Waals surface area contributed by atoms with E-state index in [-0.39, 0.29) is 24.6 Å². The minimum Gasteiger partial charge on any atom is -0.353 e. The lowest BCUT2D eigenvalue weighted by Gasteiger charge is -2.43. The van der Waals surface area contributed by atoms with Crippen LogP contribution in [0.4, 0.5) is 4.39 Å². The van der Waals surface area contributed by atoms with E-state index in [9.17, 15) is 14.0 Å². The van der Waals surface area contributed by atoms with Gasteiger partial charge in [-0.25, -0.2) is 4.39 Å². The zero-order chi connectivity index (χ0) is 21.1. The summed E-state index contributed by atoms with van der Waals surface area (Å²) in [6.45, 7) is 2.47. The van der Waals surface area contributed by atoms with Crippen molar-refractivity contribution in [2.45, 2.75) is 50.9 Å². The molecule has 0 bridgehead atoms. The molecule has 158 valence electrons. The van der Waals surface area contributed by atoms with Crippen molar-refractivity contribution in [2.24, 2.45) is 5.92 Å². The molecule has 3 unspecified atom stereocenters. The van der Waals surface area contributed by atoms with Gasteiger partial charge in [0.15, 0.2) is 0 Å². The summed E-state index contributed by atoms with van der Waals surface area (Å²) in [5.74, 6) is -1.07. The number of carbonyl (C=O) groups is 2. The Labute approximate surface area is 175 Å². The number of nitrogens with zero attached hydrogens (tertiary/aromatic N) is 2. The highest BCUT2D eigenvalue weighted by atomic mass is 19.1. The number of hydrogen-bond acceptors (Lipinski definition) is 4. The first-order valence-corrected chi connectivity index (χ1v) is 10.4. The minimum atomic E-state index is -0.871. The van der Waals surface area contributed by atoms with Crippen LogP contribution >= 0.6 is 0 Å². The minimum absolute atomic E-state index is 0.0388. The van der Waals surface area contributed by atoms with Crippen LogP contribution < -0.4 is 5.32 Å². The number of hydrogen-bond donors (Lipinski definition) is 1. The average Bonchev–Trinajstić information content (AvgIpc) is 3.10. The molecule has 2 amide bonds. The summed E-state index contributed by atoms with van der Waals surface area (Å²) in [6, 6.07) is 10.5. The number of rotatable bonds is 4. The van der Waals surface area contributed by atoms with Crippen molar-refractivity contribution in [2.75, 3.05) is 6.61 Å². The number of ether oxygens (including phenoxy) is 1. The molecule has 30 heavy (non-hydrogen) atoms. The van der Waals surface area contributed by atoms with Gasteiger partial charge in [0.25, 0.3) is 5.91 Å². The Morgan fingerprint density at radius 2 is 2.07 bits per heavy atom. The predicted octanol–water partition coefficient (Wildman–Crippen LogP) is 3.28. The van der Waals surface area contributed by atoms with E-state index >= 15 is 0 Å².